The average molecular weight is 292 g/mol. The van der Waals surface area contributed by atoms with Gasteiger partial charge in [-0.3, -0.25) is 4.79 Å². The second-order valence-corrected chi connectivity index (χ2v) is 5.27. The number of amides is 1. The van der Waals surface area contributed by atoms with E-state index in [1.807, 2.05) is 25.7 Å². The third-order valence-electron chi connectivity index (χ3n) is 3.61. The minimum absolute atomic E-state index is 0.00686. The molecule has 116 valence electrons. The van der Waals surface area contributed by atoms with Gasteiger partial charge < -0.3 is 15.6 Å². The molecule has 0 unspecified atom stereocenters. The Bertz CT molecular complexity index is 514. The molecule has 1 heterocycles. The van der Waals surface area contributed by atoms with Crippen LogP contribution in [0.3, 0.4) is 0 Å². The van der Waals surface area contributed by atoms with E-state index in [4.69, 9.17) is 5.84 Å². The van der Waals surface area contributed by atoms with Crippen LogP contribution in [0.1, 0.15) is 44.0 Å². The number of aromatic nitrogens is 2. The van der Waals surface area contributed by atoms with E-state index in [1.54, 1.807) is 0 Å². The number of rotatable bonds is 7. The van der Waals surface area contributed by atoms with Crippen molar-refractivity contribution < 1.29 is 4.79 Å². The van der Waals surface area contributed by atoms with Crippen LogP contribution in [-0.4, -0.2) is 35.5 Å². The molecule has 21 heavy (non-hydrogen) atoms. The minimum Gasteiger partial charge on any atom is -0.355 e. The van der Waals surface area contributed by atoms with Crippen LogP contribution in [0.25, 0.3) is 0 Å². The third kappa shape index (κ3) is 3.60. The van der Waals surface area contributed by atoms with Gasteiger partial charge in [-0.15, -0.1) is 0 Å². The molecular weight excluding hydrogens is 268 g/mol. The number of carbonyl (C=O) groups is 1. The zero-order valence-electron chi connectivity index (χ0n) is 12.9. The predicted octanol–water partition coefficient (Wildman–Crippen LogP) is 0.910. The minimum atomic E-state index is -0.00686. The lowest BCUT2D eigenvalue weighted by molar-refractivity contribution is -0.119. The molecule has 7 nitrogen and oxygen atoms in total. The van der Waals surface area contributed by atoms with Gasteiger partial charge in [0.1, 0.15) is 17.5 Å². The molecule has 0 atom stereocenters. The smallest absolute Gasteiger partial charge is 0.239 e. The highest BCUT2D eigenvalue weighted by Crippen LogP contribution is 2.39. The lowest BCUT2D eigenvalue weighted by Crippen LogP contribution is -2.38. The van der Waals surface area contributed by atoms with Crippen molar-refractivity contribution in [2.24, 2.45) is 5.84 Å². The van der Waals surface area contributed by atoms with E-state index in [2.05, 4.69) is 20.7 Å². The molecule has 2 rings (SSSR count). The number of hydrogen-bond donors (Lipinski definition) is 3. The Morgan fingerprint density at radius 1 is 1.38 bits per heavy atom. The Hall–Kier alpha value is -1.89. The van der Waals surface area contributed by atoms with E-state index in [9.17, 15) is 4.79 Å². The number of hydrogen-bond acceptors (Lipinski definition) is 6. The predicted molar refractivity (Wildman–Crippen MR) is 83.1 cm³/mol. The topological polar surface area (TPSA) is 96.2 Å². The van der Waals surface area contributed by atoms with Gasteiger partial charge in [0.2, 0.25) is 5.91 Å². The van der Waals surface area contributed by atoms with E-state index in [-0.39, 0.29) is 12.5 Å². The molecule has 1 aliphatic rings. The van der Waals surface area contributed by atoms with Crippen LogP contribution >= 0.6 is 0 Å². The summed E-state index contributed by atoms with van der Waals surface area (Å²) in [6, 6.07) is 0. The van der Waals surface area contributed by atoms with E-state index >= 15 is 0 Å². The number of nitrogens with one attached hydrogen (secondary N) is 2. The van der Waals surface area contributed by atoms with Crippen molar-refractivity contribution in [3.05, 3.63) is 11.4 Å². The lowest BCUT2D eigenvalue weighted by Gasteiger charge is -2.24. The summed E-state index contributed by atoms with van der Waals surface area (Å²) in [4.78, 5) is 22.9. The highest BCUT2D eigenvalue weighted by atomic mass is 16.2. The second-order valence-electron chi connectivity index (χ2n) is 5.27. The number of carbonyl (C=O) groups excluding carboxylic acids is 1. The summed E-state index contributed by atoms with van der Waals surface area (Å²) in [5, 5.41) is 2.81. The van der Waals surface area contributed by atoms with Gasteiger partial charge in [0.05, 0.1) is 6.54 Å². The van der Waals surface area contributed by atoms with Gasteiger partial charge in [-0.25, -0.2) is 15.8 Å². The molecule has 4 N–H and O–H groups in total. The SMILES string of the molecule is CCNC(=O)CN(CC)c1nc(C2CC2)nc(NN)c1C. The van der Waals surface area contributed by atoms with Crippen LogP contribution in [0.2, 0.25) is 0 Å². The van der Waals surface area contributed by atoms with Crippen molar-refractivity contribution in [1.29, 1.82) is 0 Å². The highest BCUT2D eigenvalue weighted by Gasteiger charge is 2.29. The molecule has 0 bridgehead atoms. The number of nitrogens with two attached hydrogens (primary N) is 1. The summed E-state index contributed by atoms with van der Waals surface area (Å²) in [7, 11) is 0. The summed E-state index contributed by atoms with van der Waals surface area (Å²) in [6.07, 6.45) is 2.24. The van der Waals surface area contributed by atoms with Gasteiger partial charge in [-0.1, -0.05) is 0 Å². The Kier molecular flexibility index (Phi) is 4.95. The fraction of sp³-hybridized carbons (Fsp3) is 0.643. The van der Waals surface area contributed by atoms with Crippen LogP contribution < -0.4 is 21.5 Å². The summed E-state index contributed by atoms with van der Waals surface area (Å²) >= 11 is 0. The molecule has 1 amide bonds. The molecule has 0 aliphatic heterocycles. The van der Waals surface area contributed by atoms with Crippen LogP contribution in [0.4, 0.5) is 11.6 Å². The average Bonchev–Trinajstić information content (AvgIpc) is 3.30. The number of hydrazine groups is 1. The van der Waals surface area contributed by atoms with Crippen molar-refractivity contribution in [1.82, 2.24) is 15.3 Å². The summed E-state index contributed by atoms with van der Waals surface area (Å²) < 4.78 is 0. The molecule has 0 saturated heterocycles. The number of likely N-dealkylation sites (N-methyl/N-ethyl adjacent to an activating group) is 2. The van der Waals surface area contributed by atoms with Crippen LogP contribution in [0, 0.1) is 6.92 Å². The third-order valence-corrected chi connectivity index (χ3v) is 3.61. The molecule has 0 radical (unpaired) electrons. The Balaban J connectivity index is 2.30. The summed E-state index contributed by atoms with van der Waals surface area (Å²) in [5.74, 6) is 8.22. The molecule has 0 aromatic carbocycles. The summed E-state index contributed by atoms with van der Waals surface area (Å²) in [6.45, 7) is 7.45. The Labute approximate surface area is 125 Å². The maximum Gasteiger partial charge on any atom is 0.239 e. The lowest BCUT2D eigenvalue weighted by atomic mass is 10.2. The van der Waals surface area contributed by atoms with Gasteiger partial charge >= 0.3 is 0 Å². The van der Waals surface area contributed by atoms with Gasteiger partial charge in [-0.05, 0) is 33.6 Å². The highest BCUT2D eigenvalue weighted by molar-refractivity contribution is 5.81. The van der Waals surface area contributed by atoms with Gasteiger partial charge in [-0.2, -0.15) is 0 Å². The van der Waals surface area contributed by atoms with Crippen molar-refractivity contribution >= 4 is 17.5 Å². The molecule has 1 saturated carbocycles. The van der Waals surface area contributed by atoms with Crippen LogP contribution in [-0.2, 0) is 4.79 Å². The molecule has 1 aromatic rings. The molecule has 1 aromatic heterocycles. The standard InChI is InChI=1S/C14H24N6O/c1-4-16-11(21)8-20(5-2)14-9(3)12(19-15)17-13(18-14)10-6-7-10/h10H,4-8,15H2,1-3H3,(H,16,21)(H,17,18,19). The number of nitrogen functional groups attached to an aromatic ring is 1. The first-order chi connectivity index (χ1) is 10.1. The molecular formula is C14H24N6O. The first-order valence-electron chi connectivity index (χ1n) is 7.47. The number of anilines is 2. The zero-order chi connectivity index (χ0) is 15.4. The molecule has 0 spiro atoms. The summed E-state index contributed by atoms with van der Waals surface area (Å²) in [5.41, 5.74) is 3.51. The van der Waals surface area contributed by atoms with E-state index < -0.39 is 0 Å². The Morgan fingerprint density at radius 3 is 2.62 bits per heavy atom. The van der Waals surface area contributed by atoms with Gasteiger partial charge in [0.25, 0.3) is 0 Å². The first kappa shape index (κ1) is 15.5. The van der Waals surface area contributed by atoms with Crippen molar-refractivity contribution in [3.8, 4) is 0 Å². The van der Waals surface area contributed by atoms with E-state index in [1.165, 1.54) is 0 Å². The second kappa shape index (κ2) is 6.71. The van der Waals surface area contributed by atoms with E-state index in [0.29, 0.717) is 24.8 Å². The first-order valence-corrected chi connectivity index (χ1v) is 7.47. The van der Waals surface area contributed by atoms with Crippen molar-refractivity contribution in [2.75, 3.05) is 30.0 Å². The van der Waals surface area contributed by atoms with Crippen LogP contribution in [0.5, 0.6) is 0 Å². The molecule has 7 heteroatoms. The van der Waals surface area contributed by atoms with Gasteiger partial charge in [0.15, 0.2) is 0 Å². The maximum absolute atomic E-state index is 11.8. The quantitative estimate of drug-likeness (QED) is 0.510. The van der Waals surface area contributed by atoms with Crippen LogP contribution in [0.15, 0.2) is 0 Å². The normalized spacial score (nSPS) is 13.9. The molecule has 1 fully saturated rings. The fourth-order valence-corrected chi connectivity index (χ4v) is 2.26. The fourth-order valence-electron chi connectivity index (χ4n) is 2.26. The van der Waals surface area contributed by atoms with Crippen molar-refractivity contribution in [3.63, 3.8) is 0 Å². The monoisotopic (exact) mass is 292 g/mol. The van der Waals surface area contributed by atoms with Crippen molar-refractivity contribution in [2.45, 2.75) is 39.5 Å². The maximum atomic E-state index is 11.8. The largest absolute Gasteiger partial charge is 0.355 e. The van der Waals surface area contributed by atoms with Gasteiger partial charge in [0, 0.05) is 24.6 Å². The number of nitrogens with zero attached hydrogens (tertiary/aromatic N) is 3. The molecule has 1 aliphatic carbocycles. The van der Waals surface area contributed by atoms with E-state index in [0.717, 1.165) is 30.0 Å². The zero-order valence-corrected chi connectivity index (χ0v) is 12.9. The Morgan fingerprint density at radius 2 is 2.10 bits per heavy atom.